The molecule has 3 heterocycles. The smallest absolute Gasteiger partial charge is 0.328 e. The fourth-order valence-electron chi connectivity index (χ4n) is 3.21. The Hall–Kier alpha value is -3.42. The highest BCUT2D eigenvalue weighted by molar-refractivity contribution is 6.13. The average Bonchev–Trinajstić information content (AvgIpc) is 2.95. The highest BCUT2D eigenvalue weighted by Gasteiger charge is 2.29. The average molecular weight is 364 g/mol. The molecule has 2 fully saturated rings. The first-order chi connectivity index (χ1) is 13.1. The molecule has 0 bridgehead atoms. The molecule has 0 radical (unpaired) electrons. The topological polar surface area (TPSA) is 81.7 Å². The Labute approximate surface area is 157 Å². The minimum Gasteiger partial charge on any atom is -0.368 e. The number of benzene rings is 1. The van der Waals surface area contributed by atoms with Crippen LogP contribution in [0.4, 0.5) is 16.4 Å². The molecular weight excluding hydrogens is 344 g/mol. The summed E-state index contributed by atoms with van der Waals surface area (Å²) in [5.74, 6) is 0.212. The molecule has 2 aliphatic rings. The number of carbonyl (C=O) groups is 2. The zero-order valence-corrected chi connectivity index (χ0v) is 15.0. The predicted octanol–water partition coefficient (Wildman–Crippen LogP) is 1.33. The van der Waals surface area contributed by atoms with Gasteiger partial charge in [0.15, 0.2) is 0 Å². The van der Waals surface area contributed by atoms with Crippen molar-refractivity contribution >= 4 is 29.7 Å². The first-order valence-corrected chi connectivity index (χ1v) is 8.80. The number of urea groups is 1. The van der Waals surface area contributed by atoms with Crippen LogP contribution < -0.4 is 15.1 Å². The van der Waals surface area contributed by atoms with Crippen molar-refractivity contribution in [1.29, 1.82) is 0 Å². The highest BCUT2D eigenvalue weighted by atomic mass is 16.2. The number of likely N-dealkylation sites (N-methyl/N-ethyl adjacent to an activating group) is 1. The van der Waals surface area contributed by atoms with Gasteiger partial charge in [-0.05, 0) is 24.3 Å². The number of nitrogens with one attached hydrogen (secondary N) is 1. The minimum atomic E-state index is -0.433. The maximum Gasteiger partial charge on any atom is 0.328 e. The zero-order chi connectivity index (χ0) is 18.8. The minimum absolute atomic E-state index is 0.276. The number of carbonyl (C=O) groups excluding carboxylic acids is 2. The summed E-state index contributed by atoms with van der Waals surface area (Å²) in [7, 11) is 1.55. The molecule has 8 nitrogen and oxygen atoms in total. The van der Waals surface area contributed by atoms with Crippen molar-refractivity contribution in [3.05, 3.63) is 54.0 Å². The van der Waals surface area contributed by atoms with E-state index in [4.69, 9.17) is 0 Å². The molecule has 2 aromatic rings. The van der Waals surface area contributed by atoms with Gasteiger partial charge >= 0.3 is 6.03 Å². The summed E-state index contributed by atoms with van der Waals surface area (Å²) in [4.78, 5) is 38.1. The van der Waals surface area contributed by atoms with Crippen molar-refractivity contribution in [2.75, 3.05) is 43.0 Å². The van der Waals surface area contributed by atoms with E-state index in [1.54, 1.807) is 25.4 Å². The molecule has 3 amide bonds. The SMILES string of the molecule is CN1C(=O)NC(=O)/C1=C/c1ccnc(N2CCN(c3ccccc3)CC2)n1. The molecule has 8 heteroatoms. The van der Waals surface area contributed by atoms with Gasteiger partial charge in [-0.25, -0.2) is 14.8 Å². The van der Waals surface area contributed by atoms with E-state index in [1.807, 2.05) is 18.2 Å². The van der Waals surface area contributed by atoms with Crippen molar-refractivity contribution in [1.82, 2.24) is 20.2 Å². The second kappa shape index (κ2) is 7.06. The largest absolute Gasteiger partial charge is 0.368 e. The number of hydrogen-bond acceptors (Lipinski definition) is 6. The fraction of sp³-hybridized carbons (Fsp3) is 0.263. The summed E-state index contributed by atoms with van der Waals surface area (Å²) in [6.07, 6.45) is 3.28. The van der Waals surface area contributed by atoms with Crippen LogP contribution in [-0.2, 0) is 4.79 Å². The van der Waals surface area contributed by atoms with Gasteiger partial charge in [0.25, 0.3) is 5.91 Å². The first kappa shape index (κ1) is 17.0. The van der Waals surface area contributed by atoms with Crippen LogP contribution in [0.25, 0.3) is 6.08 Å². The van der Waals surface area contributed by atoms with Gasteiger partial charge in [0, 0.05) is 45.1 Å². The second-order valence-electron chi connectivity index (χ2n) is 6.44. The number of para-hydroxylation sites is 1. The van der Waals surface area contributed by atoms with Crippen LogP contribution in [0.5, 0.6) is 0 Å². The standard InChI is InChI=1S/C19H20N6O2/c1-23-16(17(26)22-19(23)27)13-14-7-8-20-18(21-14)25-11-9-24(10-12-25)15-5-3-2-4-6-15/h2-8,13H,9-12H2,1H3,(H,22,26,27)/b16-13-. The Morgan fingerprint density at radius 1 is 1.00 bits per heavy atom. The monoisotopic (exact) mass is 364 g/mol. The lowest BCUT2D eigenvalue weighted by atomic mass is 10.2. The Morgan fingerprint density at radius 2 is 1.70 bits per heavy atom. The van der Waals surface area contributed by atoms with E-state index in [0.29, 0.717) is 11.6 Å². The molecule has 0 atom stereocenters. The van der Waals surface area contributed by atoms with E-state index in [2.05, 4.69) is 37.2 Å². The van der Waals surface area contributed by atoms with Crippen LogP contribution in [-0.4, -0.2) is 60.0 Å². The summed E-state index contributed by atoms with van der Waals surface area (Å²) >= 11 is 0. The number of nitrogens with zero attached hydrogens (tertiary/aromatic N) is 5. The van der Waals surface area contributed by atoms with E-state index in [1.165, 1.54) is 10.6 Å². The maximum absolute atomic E-state index is 11.9. The molecule has 0 saturated carbocycles. The molecule has 4 rings (SSSR count). The molecule has 2 aliphatic heterocycles. The van der Waals surface area contributed by atoms with Crippen molar-refractivity contribution in [2.24, 2.45) is 0 Å². The third kappa shape index (κ3) is 3.46. The molecule has 1 aromatic heterocycles. The van der Waals surface area contributed by atoms with Gasteiger partial charge in [-0.1, -0.05) is 18.2 Å². The van der Waals surface area contributed by atoms with Crippen LogP contribution in [0.1, 0.15) is 5.69 Å². The summed E-state index contributed by atoms with van der Waals surface area (Å²) in [6, 6.07) is 11.6. The van der Waals surface area contributed by atoms with Crippen LogP contribution in [0, 0.1) is 0 Å². The number of aromatic nitrogens is 2. The van der Waals surface area contributed by atoms with E-state index in [-0.39, 0.29) is 5.70 Å². The fourth-order valence-corrected chi connectivity index (χ4v) is 3.21. The second-order valence-corrected chi connectivity index (χ2v) is 6.44. The number of hydrogen-bond donors (Lipinski definition) is 1. The molecule has 27 heavy (non-hydrogen) atoms. The van der Waals surface area contributed by atoms with Gasteiger partial charge in [-0.3, -0.25) is 15.0 Å². The molecule has 0 unspecified atom stereocenters. The van der Waals surface area contributed by atoms with Gasteiger partial charge in [0.1, 0.15) is 5.70 Å². The molecule has 0 spiro atoms. The third-order valence-electron chi connectivity index (χ3n) is 4.75. The van der Waals surface area contributed by atoms with Gasteiger partial charge in [-0.2, -0.15) is 0 Å². The van der Waals surface area contributed by atoms with E-state index in [0.717, 1.165) is 26.2 Å². The number of amides is 3. The number of piperazine rings is 1. The first-order valence-electron chi connectivity index (χ1n) is 8.80. The summed E-state index contributed by atoms with van der Waals surface area (Å²) < 4.78 is 0. The van der Waals surface area contributed by atoms with E-state index >= 15 is 0 Å². The number of imide groups is 1. The molecule has 1 N–H and O–H groups in total. The summed E-state index contributed by atoms with van der Waals surface area (Å²) in [6.45, 7) is 3.40. The zero-order valence-electron chi connectivity index (χ0n) is 15.0. The van der Waals surface area contributed by atoms with E-state index in [9.17, 15) is 9.59 Å². The van der Waals surface area contributed by atoms with Crippen molar-refractivity contribution < 1.29 is 9.59 Å². The van der Waals surface area contributed by atoms with Crippen LogP contribution in [0.3, 0.4) is 0 Å². The van der Waals surface area contributed by atoms with Gasteiger partial charge in [0.05, 0.1) is 5.69 Å². The Balaban J connectivity index is 1.48. The highest BCUT2D eigenvalue weighted by Crippen LogP contribution is 2.19. The molecule has 1 aromatic carbocycles. The summed E-state index contributed by atoms with van der Waals surface area (Å²) in [5, 5.41) is 2.26. The lowest BCUT2D eigenvalue weighted by Crippen LogP contribution is -2.47. The number of anilines is 2. The van der Waals surface area contributed by atoms with Gasteiger partial charge in [0.2, 0.25) is 5.95 Å². The molecule has 2 saturated heterocycles. The molecule has 138 valence electrons. The van der Waals surface area contributed by atoms with Crippen LogP contribution in [0.15, 0.2) is 48.3 Å². The predicted molar refractivity (Wildman–Crippen MR) is 102 cm³/mol. The van der Waals surface area contributed by atoms with Crippen molar-refractivity contribution in [2.45, 2.75) is 0 Å². The molecule has 0 aliphatic carbocycles. The number of rotatable bonds is 3. The quantitative estimate of drug-likeness (QED) is 0.654. The summed E-state index contributed by atoms with van der Waals surface area (Å²) in [5.41, 5.74) is 2.09. The Kier molecular flexibility index (Phi) is 4.45. The van der Waals surface area contributed by atoms with Crippen LogP contribution in [0.2, 0.25) is 0 Å². The van der Waals surface area contributed by atoms with Gasteiger partial charge < -0.3 is 9.80 Å². The van der Waals surface area contributed by atoms with E-state index < -0.39 is 11.9 Å². The van der Waals surface area contributed by atoms with Crippen molar-refractivity contribution in [3.63, 3.8) is 0 Å². The van der Waals surface area contributed by atoms with Crippen LogP contribution >= 0.6 is 0 Å². The third-order valence-corrected chi connectivity index (χ3v) is 4.75. The lowest BCUT2D eigenvalue weighted by Gasteiger charge is -2.36. The van der Waals surface area contributed by atoms with Gasteiger partial charge in [-0.15, -0.1) is 0 Å². The van der Waals surface area contributed by atoms with Crippen molar-refractivity contribution in [3.8, 4) is 0 Å². The normalized spacial score (nSPS) is 19.0. The lowest BCUT2D eigenvalue weighted by molar-refractivity contribution is -0.115. The Bertz CT molecular complexity index is 890. The Morgan fingerprint density at radius 3 is 2.37 bits per heavy atom. The molecular formula is C19H20N6O2. The maximum atomic E-state index is 11.9.